The summed E-state index contributed by atoms with van der Waals surface area (Å²) in [5.41, 5.74) is 0. The lowest BCUT2D eigenvalue weighted by Crippen LogP contribution is -2.47. The van der Waals surface area contributed by atoms with E-state index in [0.29, 0.717) is 6.10 Å². The molecule has 1 aliphatic carbocycles. The van der Waals surface area contributed by atoms with Crippen LogP contribution in [0.15, 0.2) is 0 Å². The van der Waals surface area contributed by atoms with Crippen molar-refractivity contribution in [3.63, 3.8) is 0 Å². The molecule has 0 aromatic rings. The zero-order valence-corrected chi connectivity index (χ0v) is 15.6. The fraction of sp³-hybridized carbons (Fsp3) is 1.00. The third-order valence-electron chi connectivity index (χ3n) is 4.88. The minimum Gasteiger partial charge on any atom is -0.393 e. The van der Waals surface area contributed by atoms with Gasteiger partial charge in [-0.1, -0.05) is 13.8 Å². The first-order valence-corrected chi connectivity index (χ1v) is 9.64. The maximum Gasteiger partial charge on any atom is 0.0571 e. The van der Waals surface area contributed by atoms with Gasteiger partial charge in [-0.3, -0.25) is 4.90 Å². The first kappa shape index (κ1) is 20.8. The summed E-state index contributed by atoms with van der Waals surface area (Å²) < 4.78 is 4.99. The number of ether oxygens (including phenoxy) is 1. The van der Waals surface area contributed by atoms with Crippen molar-refractivity contribution in [2.24, 2.45) is 0 Å². The monoisotopic (exact) mass is 329 g/mol. The highest BCUT2D eigenvalue weighted by Crippen LogP contribution is 2.20. The molecule has 2 aliphatic heterocycles. The summed E-state index contributed by atoms with van der Waals surface area (Å²) in [4.78, 5) is 5.01. The Labute approximate surface area is 143 Å². The van der Waals surface area contributed by atoms with Crippen LogP contribution >= 0.6 is 0 Å². The van der Waals surface area contributed by atoms with E-state index in [4.69, 9.17) is 4.74 Å². The molecule has 3 rings (SSSR count). The molecule has 5 nitrogen and oxygen atoms in total. The van der Waals surface area contributed by atoms with E-state index in [2.05, 4.69) is 15.1 Å². The Morgan fingerprint density at radius 2 is 1.43 bits per heavy atom. The molecule has 0 atom stereocenters. The number of piperazine rings is 1. The number of methoxy groups -OCH3 is 1. The summed E-state index contributed by atoms with van der Waals surface area (Å²) >= 11 is 0. The second kappa shape index (κ2) is 13.1. The number of piperidine rings is 1. The molecule has 0 radical (unpaired) electrons. The van der Waals surface area contributed by atoms with Crippen LogP contribution in [-0.4, -0.2) is 86.6 Å². The third-order valence-corrected chi connectivity index (χ3v) is 4.88. The molecule has 5 heteroatoms. The van der Waals surface area contributed by atoms with E-state index in [9.17, 15) is 5.11 Å². The average Bonchev–Trinajstić information content (AvgIpc) is 2.57. The Balaban J connectivity index is 0.000000276. The van der Waals surface area contributed by atoms with Crippen LogP contribution in [0, 0.1) is 0 Å². The van der Waals surface area contributed by atoms with Crippen LogP contribution in [0.25, 0.3) is 0 Å². The number of hydrogen-bond donors (Lipinski definition) is 2. The number of aliphatic hydroxyl groups excluding tert-OH is 1. The first-order valence-electron chi connectivity index (χ1n) is 9.64. The Hall–Kier alpha value is -0.200. The third kappa shape index (κ3) is 9.01. The highest BCUT2D eigenvalue weighted by Gasteiger charge is 2.18. The van der Waals surface area contributed by atoms with Crippen LogP contribution in [0.5, 0.6) is 0 Å². The van der Waals surface area contributed by atoms with Crippen LogP contribution in [0.4, 0.5) is 0 Å². The van der Waals surface area contributed by atoms with Crippen molar-refractivity contribution in [1.29, 1.82) is 0 Å². The second-order valence-electron chi connectivity index (χ2n) is 6.45. The molecule has 0 amide bonds. The highest BCUT2D eigenvalue weighted by molar-refractivity contribution is 4.74. The van der Waals surface area contributed by atoms with Gasteiger partial charge in [0.05, 0.1) is 12.2 Å². The standard InChI is InChI=1S/C11H23N3O.C5H10O.C2H6/c15-11-1-5-13(6-2-11)9-10-14-7-3-12-4-8-14;1-6-5-3-2-4-5;1-2/h11-12,15H,1-10H2;5H,2-4H2,1H3;1-2H3. The van der Waals surface area contributed by atoms with Crippen LogP contribution in [0.3, 0.4) is 0 Å². The SMILES string of the molecule is CC.COC1CCC1.OC1CCN(CCN2CCNCC2)CC1. The molecule has 3 fully saturated rings. The number of likely N-dealkylation sites (tertiary alicyclic amines) is 1. The van der Waals surface area contributed by atoms with Crippen LogP contribution in [-0.2, 0) is 4.74 Å². The minimum atomic E-state index is -0.0413. The van der Waals surface area contributed by atoms with Crippen molar-refractivity contribution in [1.82, 2.24) is 15.1 Å². The lowest BCUT2D eigenvalue weighted by atomic mass is 9.96. The number of rotatable bonds is 4. The Morgan fingerprint density at radius 1 is 0.913 bits per heavy atom. The average molecular weight is 330 g/mol. The zero-order chi connectivity index (χ0) is 16.9. The van der Waals surface area contributed by atoms with Gasteiger partial charge in [-0.25, -0.2) is 0 Å². The van der Waals surface area contributed by atoms with Gasteiger partial charge in [-0.2, -0.15) is 0 Å². The van der Waals surface area contributed by atoms with Gasteiger partial charge in [0, 0.05) is 59.5 Å². The van der Waals surface area contributed by atoms with Crippen molar-refractivity contribution in [2.75, 3.05) is 59.5 Å². The predicted molar refractivity (Wildman–Crippen MR) is 97.0 cm³/mol. The number of nitrogens with one attached hydrogen (secondary N) is 1. The molecule has 23 heavy (non-hydrogen) atoms. The lowest BCUT2D eigenvalue weighted by Gasteiger charge is -2.33. The van der Waals surface area contributed by atoms with Crippen molar-refractivity contribution in [3.8, 4) is 0 Å². The predicted octanol–water partition coefficient (Wildman–Crippen LogP) is 1.56. The number of nitrogens with zero attached hydrogens (tertiary/aromatic N) is 2. The van der Waals surface area contributed by atoms with E-state index in [0.717, 1.165) is 39.0 Å². The maximum atomic E-state index is 9.40. The zero-order valence-electron chi connectivity index (χ0n) is 15.6. The molecule has 0 aromatic heterocycles. The molecule has 1 saturated carbocycles. The maximum absolute atomic E-state index is 9.40. The Kier molecular flexibility index (Phi) is 11.9. The summed E-state index contributed by atoms with van der Waals surface area (Å²) in [6.45, 7) is 13.2. The van der Waals surface area contributed by atoms with Crippen molar-refractivity contribution in [2.45, 2.75) is 58.2 Å². The highest BCUT2D eigenvalue weighted by atomic mass is 16.5. The smallest absolute Gasteiger partial charge is 0.0571 e. The van der Waals surface area contributed by atoms with Crippen molar-refractivity contribution in [3.05, 3.63) is 0 Å². The van der Waals surface area contributed by atoms with Gasteiger partial charge < -0.3 is 20.1 Å². The fourth-order valence-electron chi connectivity index (χ4n) is 2.97. The molecular weight excluding hydrogens is 290 g/mol. The van der Waals surface area contributed by atoms with Gasteiger partial charge in [0.25, 0.3) is 0 Å². The van der Waals surface area contributed by atoms with Gasteiger partial charge in [-0.15, -0.1) is 0 Å². The molecule has 0 aromatic carbocycles. The Bertz CT molecular complexity index is 258. The molecule has 0 bridgehead atoms. The molecule has 3 aliphatic rings. The molecule has 138 valence electrons. The lowest BCUT2D eigenvalue weighted by molar-refractivity contribution is 0.0412. The van der Waals surface area contributed by atoms with E-state index in [1.165, 1.54) is 45.4 Å². The van der Waals surface area contributed by atoms with E-state index in [-0.39, 0.29) is 6.10 Å². The summed E-state index contributed by atoms with van der Waals surface area (Å²) in [5.74, 6) is 0. The second-order valence-corrected chi connectivity index (χ2v) is 6.45. The van der Waals surface area contributed by atoms with E-state index >= 15 is 0 Å². The van der Waals surface area contributed by atoms with Gasteiger partial charge >= 0.3 is 0 Å². The molecule has 2 heterocycles. The molecular formula is C18H39N3O2. The van der Waals surface area contributed by atoms with Crippen LogP contribution in [0.1, 0.15) is 46.0 Å². The van der Waals surface area contributed by atoms with E-state index in [1.807, 2.05) is 13.8 Å². The van der Waals surface area contributed by atoms with Gasteiger partial charge in [-0.05, 0) is 32.1 Å². The normalized spacial score (nSPS) is 24.0. The summed E-state index contributed by atoms with van der Waals surface area (Å²) in [7, 11) is 1.78. The summed E-state index contributed by atoms with van der Waals surface area (Å²) in [5, 5.41) is 12.8. The number of hydrogen-bond acceptors (Lipinski definition) is 5. The summed E-state index contributed by atoms with van der Waals surface area (Å²) in [6, 6.07) is 0. The molecule has 2 N–H and O–H groups in total. The van der Waals surface area contributed by atoms with Gasteiger partial charge in [0.2, 0.25) is 0 Å². The first-order chi connectivity index (χ1) is 11.3. The Morgan fingerprint density at radius 3 is 1.83 bits per heavy atom. The van der Waals surface area contributed by atoms with Crippen LogP contribution in [0.2, 0.25) is 0 Å². The largest absolute Gasteiger partial charge is 0.393 e. The van der Waals surface area contributed by atoms with Gasteiger partial charge in [0.15, 0.2) is 0 Å². The van der Waals surface area contributed by atoms with E-state index < -0.39 is 0 Å². The molecule has 2 saturated heterocycles. The van der Waals surface area contributed by atoms with E-state index in [1.54, 1.807) is 7.11 Å². The fourth-order valence-corrected chi connectivity index (χ4v) is 2.97. The topological polar surface area (TPSA) is 48.0 Å². The number of aliphatic hydroxyl groups is 1. The minimum absolute atomic E-state index is 0.0413. The summed E-state index contributed by atoms with van der Waals surface area (Å²) in [6.07, 6.45) is 6.44. The van der Waals surface area contributed by atoms with Gasteiger partial charge in [0.1, 0.15) is 0 Å². The quantitative estimate of drug-likeness (QED) is 0.820. The van der Waals surface area contributed by atoms with Crippen LogP contribution < -0.4 is 5.32 Å². The molecule has 0 unspecified atom stereocenters. The molecule has 0 spiro atoms. The van der Waals surface area contributed by atoms with Crippen molar-refractivity contribution < 1.29 is 9.84 Å². The van der Waals surface area contributed by atoms with Crippen molar-refractivity contribution >= 4 is 0 Å².